The molecule has 0 unspecified atom stereocenters. The van der Waals surface area contributed by atoms with Crippen LogP contribution in [0.15, 0.2) is 23.8 Å². The Balaban J connectivity index is 2.53. The molecule has 2 heteroatoms. The maximum Gasteiger partial charge on any atom is 0.246 e. The van der Waals surface area contributed by atoms with Gasteiger partial charge in [0.1, 0.15) is 0 Å². The van der Waals surface area contributed by atoms with Gasteiger partial charge in [-0.15, -0.1) is 0 Å². The molecule has 0 spiro atoms. The quantitative estimate of drug-likeness (QED) is 0.428. The molecule has 0 saturated heterocycles. The second kappa shape index (κ2) is 4.10. The van der Waals surface area contributed by atoms with Crippen molar-refractivity contribution in [3.8, 4) is 0 Å². The van der Waals surface area contributed by atoms with Crippen LogP contribution in [0.25, 0.3) is 0 Å². The first-order valence-electron chi connectivity index (χ1n) is 4.29. The van der Waals surface area contributed by atoms with Gasteiger partial charge in [-0.2, -0.15) is 0 Å². The van der Waals surface area contributed by atoms with Crippen LogP contribution in [0.2, 0.25) is 0 Å². The lowest BCUT2D eigenvalue weighted by molar-refractivity contribution is -0.125. The molecule has 0 radical (unpaired) electrons. The van der Waals surface area contributed by atoms with Crippen LogP contribution in [0, 0.1) is 0 Å². The highest BCUT2D eigenvalue weighted by molar-refractivity contribution is 5.88. The Morgan fingerprint density at radius 1 is 1.42 bits per heavy atom. The summed E-state index contributed by atoms with van der Waals surface area (Å²) in [6, 6.07) is 0. The van der Waals surface area contributed by atoms with Gasteiger partial charge in [-0.3, -0.25) is 4.79 Å². The van der Waals surface area contributed by atoms with Crippen molar-refractivity contribution < 1.29 is 4.79 Å². The van der Waals surface area contributed by atoms with Crippen molar-refractivity contribution in [2.24, 2.45) is 0 Å². The van der Waals surface area contributed by atoms with Crippen molar-refractivity contribution in [2.45, 2.75) is 20.3 Å². The third-order valence-electron chi connectivity index (χ3n) is 1.78. The van der Waals surface area contributed by atoms with Gasteiger partial charge in [0, 0.05) is 19.2 Å². The standard InChI is InChI=1S/C10H15NO/c1-9(2)8-10(12)11-6-4-3-5-7-11/h3-4,8H,5-7H2,1-2H3. The zero-order valence-electron chi connectivity index (χ0n) is 7.71. The van der Waals surface area contributed by atoms with Gasteiger partial charge >= 0.3 is 0 Å². The SMILES string of the molecule is CC(C)=CC(=O)N1CC=CCC1. The number of carbonyl (C=O) groups is 1. The number of amides is 1. The molecule has 66 valence electrons. The number of hydrogen-bond acceptors (Lipinski definition) is 1. The molecule has 0 bridgehead atoms. The maximum atomic E-state index is 11.4. The number of rotatable bonds is 1. The average molecular weight is 165 g/mol. The average Bonchev–Trinajstić information content (AvgIpc) is 2.05. The smallest absolute Gasteiger partial charge is 0.246 e. The lowest BCUT2D eigenvalue weighted by atomic mass is 10.2. The zero-order chi connectivity index (χ0) is 8.97. The Morgan fingerprint density at radius 3 is 2.67 bits per heavy atom. The van der Waals surface area contributed by atoms with E-state index in [1.54, 1.807) is 6.08 Å². The van der Waals surface area contributed by atoms with E-state index in [0.717, 1.165) is 25.1 Å². The van der Waals surface area contributed by atoms with Gasteiger partial charge in [-0.1, -0.05) is 17.7 Å². The molecule has 1 amide bonds. The van der Waals surface area contributed by atoms with Crippen LogP contribution in [0.5, 0.6) is 0 Å². The normalized spacial score (nSPS) is 16.0. The Bertz CT molecular complexity index is 224. The van der Waals surface area contributed by atoms with Crippen LogP contribution in [0.3, 0.4) is 0 Å². The minimum absolute atomic E-state index is 0.138. The summed E-state index contributed by atoms with van der Waals surface area (Å²) in [5, 5.41) is 0. The minimum atomic E-state index is 0.138. The Hall–Kier alpha value is -1.05. The Morgan fingerprint density at radius 2 is 2.17 bits per heavy atom. The molecule has 0 aromatic rings. The number of allylic oxidation sites excluding steroid dienone is 1. The molecule has 0 aromatic carbocycles. The van der Waals surface area contributed by atoms with Crippen LogP contribution in [0.4, 0.5) is 0 Å². The van der Waals surface area contributed by atoms with E-state index in [1.807, 2.05) is 24.8 Å². The van der Waals surface area contributed by atoms with Crippen molar-refractivity contribution >= 4 is 5.91 Å². The van der Waals surface area contributed by atoms with Gasteiger partial charge < -0.3 is 4.90 Å². The first kappa shape index (κ1) is 9.04. The van der Waals surface area contributed by atoms with E-state index in [1.165, 1.54) is 0 Å². The largest absolute Gasteiger partial charge is 0.335 e. The maximum absolute atomic E-state index is 11.4. The summed E-state index contributed by atoms with van der Waals surface area (Å²) in [5.74, 6) is 0.138. The van der Waals surface area contributed by atoms with Gasteiger partial charge in [-0.25, -0.2) is 0 Å². The molecule has 0 N–H and O–H groups in total. The van der Waals surface area contributed by atoms with Crippen molar-refractivity contribution in [1.29, 1.82) is 0 Å². The van der Waals surface area contributed by atoms with Crippen molar-refractivity contribution in [2.75, 3.05) is 13.1 Å². The Kier molecular flexibility index (Phi) is 3.09. The van der Waals surface area contributed by atoms with Crippen LogP contribution < -0.4 is 0 Å². The van der Waals surface area contributed by atoms with Crippen LogP contribution >= 0.6 is 0 Å². The first-order valence-corrected chi connectivity index (χ1v) is 4.29. The summed E-state index contributed by atoms with van der Waals surface area (Å²) in [4.78, 5) is 13.3. The monoisotopic (exact) mass is 165 g/mol. The minimum Gasteiger partial charge on any atom is -0.335 e. The van der Waals surface area contributed by atoms with E-state index in [0.29, 0.717) is 0 Å². The van der Waals surface area contributed by atoms with Gasteiger partial charge in [-0.05, 0) is 20.3 Å². The van der Waals surface area contributed by atoms with Crippen molar-refractivity contribution in [3.63, 3.8) is 0 Å². The lowest BCUT2D eigenvalue weighted by Crippen LogP contribution is -2.32. The fraction of sp³-hybridized carbons (Fsp3) is 0.500. The third kappa shape index (κ3) is 2.53. The van der Waals surface area contributed by atoms with Gasteiger partial charge in [0.05, 0.1) is 0 Å². The lowest BCUT2D eigenvalue weighted by Gasteiger charge is -2.21. The van der Waals surface area contributed by atoms with E-state index < -0.39 is 0 Å². The summed E-state index contributed by atoms with van der Waals surface area (Å²) in [6.45, 7) is 5.51. The molecule has 1 aliphatic rings. The highest BCUT2D eigenvalue weighted by Gasteiger charge is 2.10. The van der Waals surface area contributed by atoms with Crippen LogP contribution in [-0.4, -0.2) is 23.9 Å². The van der Waals surface area contributed by atoms with Crippen LogP contribution in [-0.2, 0) is 4.79 Å². The summed E-state index contributed by atoms with van der Waals surface area (Å²) in [7, 11) is 0. The molecule has 0 aromatic heterocycles. The number of nitrogens with zero attached hydrogens (tertiary/aromatic N) is 1. The van der Waals surface area contributed by atoms with Gasteiger partial charge in [0.25, 0.3) is 0 Å². The number of hydrogen-bond donors (Lipinski definition) is 0. The summed E-state index contributed by atoms with van der Waals surface area (Å²) in [5.41, 5.74) is 1.06. The van der Waals surface area contributed by atoms with E-state index in [9.17, 15) is 4.79 Å². The molecule has 1 rings (SSSR count). The Labute approximate surface area is 73.6 Å². The second-order valence-electron chi connectivity index (χ2n) is 3.27. The topological polar surface area (TPSA) is 20.3 Å². The molecule has 12 heavy (non-hydrogen) atoms. The summed E-state index contributed by atoms with van der Waals surface area (Å²) >= 11 is 0. The molecular formula is C10H15NO. The van der Waals surface area contributed by atoms with Gasteiger partial charge in [0.15, 0.2) is 0 Å². The molecular weight excluding hydrogens is 150 g/mol. The molecule has 0 aliphatic carbocycles. The zero-order valence-corrected chi connectivity index (χ0v) is 7.71. The highest BCUT2D eigenvalue weighted by Crippen LogP contribution is 2.03. The fourth-order valence-corrected chi connectivity index (χ4v) is 1.18. The highest BCUT2D eigenvalue weighted by atomic mass is 16.2. The fourth-order valence-electron chi connectivity index (χ4n) is 1.18. The van der Waals surface area contributed by atoms with Gasteiger partial charge in [0.2, 0.25) is 5.91 Å². The van der Waals surface area contributed by atoms with E-state index in [2.05, 4.69) is 6.08 Å². The number of carbonyl (C=O) groups excluding carboxylic acids is 1. The molecule has 2 nitrogen and oxygen atoms in total. The summed E-state index contributed by atoms with van der Waals surface area (Å²) in [6.07, 6.45) is 6.84. The second-order valence-corrected chi connectivity index (χ2v) is 3.27. The molecule has 1 heterocycles. The van der Waals surface area contributed by atoms with E-state index in [-0.39, 0.29) is 5.91 Å². The predicted octanol–water partition coefficient (Wildman–Crippen LogP) is 1.74. The summed E-state index contributed by atoms with van der Waals surface area (Å²) < 4.78 is 0. The molecule has 0 fully saturated rings. The predicted molar refractivity (Wildman–Crippen MR) is 49.8 cm³/mol. The van der Waals surface area contributed by atoms with Crippen molar-refractivity contribution in [3.05, 3.63) is 23.8 Å². The van der Waals surface area contributed by atoms with Crippen molar-refractivity contribution in [1.82, 2.24) is 4.90 Å². The molecule has 0 atom stereocenters. The first-order chi connectivity index (χ1) is 5.70. The van der Waals surface area contributed by atoms with E-state index in [4.69, 9.17) is 0 Å². The molecule has 1 aliphatic heterocycles. The van der Waals surface area contributed by atoms with Crippen LogP contribution in [0.1, 0.15) is 20.3 Å². The van der Waals surface area contributed by atoms with E-state index >= 15 is 0 Å². The third-order valence-corrected chi connectivity index (χ3v) is 1.78. The molecule has 0 saturated carbocycles.